The molecule has 0 aromatic heterocycles. The van der Waals surface area contributed by atoms with Crippen molar-refractivity contribution in [2.75, 3.05) is 0 Å². The predicted molar refractivity (Wildman–Crippen MR) is 71.9 cm³/mol. The molecular formula is C16H28O. The van der Waals surface area contributed by atoms with Gasteiger partial charge in [-0.3, -0.25) is 0 Å². The molecule has 0 heterocycles. The highest BCUT2D eigenvalue weighted by Crippen LogP contribution is 2.34. The largest absolute Gasteiger partial charge is 0.303 e. The van der Waals surface area contributed by atoms with Crippen LogP contribution in [0.15, 0.2) is 0 Å². The molecule has 0 N–H and O–H groups in total. The first-order valence-corrected chi connectivity index (χ1v) is 7.84. The van der Waals surface area contributed by atoms with Gasteiger partial charge in [-0.1, -0.05) is 64.2 Å². The fourth-order valence-electron chi connectivity index (χ4n) is 3.91. The second-order valence-corrected chi connectivity index (χ2v) is 6.38. The molecule has 2 rings (SSSR count). The van der Waals surface area contributed by atoms with Crippen molar-refractivity contribution >= 4 is 6.29 Å². The van der Waals surface area contributed by atoms with E-state index in [0.717, 1.165) is 11.8 Å². The van der Waals surface area contributed by atoms with Crippen molar-refractivity contribution < 1.29 is 4.79 Å². The summed E-state index contributed by atoms with van der Waals surface area (Å²) in [4.78, 5) is 11.3. The minimum absolute atomic E-state index is 0.376. The summed E-state index contributed by atoms with van der Waals surface area (Å²) >= 11 is 0. The van der Waals surface area contributed by atoms with Crippen LogP contribution in [0.5, 0.6) is 0 Å². The highest BCUT2D eigenvalue weighted by atomic mass is 16.1. The molecule has 0 bridgehead atoms. The van der Waals surface area contributed by atoms with E-state index in [1.54, 1.807) is 0 Å². The van der Waals surface area contributed by atoms with E-state index >= 15 is 0 Å². The molecule has 1 nitrogen and oxygen atoms in total. The zero-order valence-corrected chi connectivity index (χ0v) is 11.2. The monoisotopic (exact) mass is 236 g/mol. The van der Waals surface area contributed by atoms with Gasteiger partial charge >= 0.3 is 0 Å². The predicted octanol–water partition coefficient (Wildman–Crippen LogP) is 4.74. The Balaban J connectivity index is 1.72. The average Bonchev–Trinajstić information content (AvgIpc) is 2.40. The quantitative estimate of drug-likeness (QED) is 0.630. The molecule has 2 fully saturated rings. The summed E-state index contributed by atoms with van der Waals surface area (Å²) in [6.45, 7) is 0. The lowest BCUT2D eigenvalue weighted by molar-refractivity contribution is -0.112. The van der Waals surface area contributed by atoms with Crippen LogP contribution in [-0.2, 0) is 4.79 Å². The van der Waals surface area contributed by atoms with Gasteiger partial charge in [0.05, 0.1) is 0 Å². The van der Waals surface area contributed by atoms with Gasteiger partial charge in [-0.25, -0.2) is 0 Å². The van der Waals surface area contributed by atoms with Crippen LogP contribution in [0.3, 0.4) is 0 Å². The number of carbonyl (C=O) groups is 1. The van der Waals surface area contributed by atoms with Crippen LogP contribution in [0.2, 0.25) is 0 Å². The third-order valence-electron chi connectivity index (χ3n) is 4.91. The Labute approximate surface area is 106 Å². The van der Waals surface area contributed by atoms with Crippen LogP contribution in [0, 0.1) is 17.8 Å². The Morgan fingerprint density at radius 2 is 1.18 bits per heavy atom. The van der Waals surface area contributed by atoms with Crippen LogP contribution < -0.4 is 0 Å². The van der Waals surface area contributed by atoms with Gasteiger partial charge in [0.25, 0.3) is 0 Å². The molecule has 2 saturated carbocycles. The lowest BCUT2D eigenvalue weighted by Gasteiger charge is -2.28. The van der Waals surface area contributed by atoms with Crippen molar-refractivity contribution in [1.82, 2.24) is 0 Å². The maximum atomic E-state index is 11.3. The fourth-order valence-corrected chi connectivity index (χ4v) is 3.91. The van der Waals surface area contributed by atoms with E-state index in [1.807, 2.05) is 0 Å². The zero-order chi connectivity index (χ0) is 11.9. The number of aldehydes is 1. The van der Waals surface area contributed by atoms with Gasteiger partial charge in [-0.2, -0.15) is 0 Å². The first-order chi connectivity index (χ1) is 8.38. The molecule has 0 aliphatic heterocycles. The van der Waals surface area contributed by atoms with Gasteiger partial charge < -0.3 is 4.79 Å². The standard InChI is InChI=1S/C16H28O/c17-13-16(11-14-7-3-1-4-8-14)12-15-9-5-2-6-10-15/h13-16H,1-12H2. The van der Waals surface area contributed by atoms with Crippen molar-refractivity contribution in [3.8, 4) is 0 Å². The Bertz CT molecular complexity index is 192. The minimum atomic E-state index is 0.376. The molecule has 2 aliphatic rings. The molecule has 0 radical (unpaired) electrons. The van der Waals surface area contributed by atoms with Gasteiger partial charge in [0.2, 0.25) is 0 Å². The van der Waals surface area contributed by atoms with Gasteiger partial charge in [0.15, 0.2) is 0 Å². The summed E-state index contributed by atoms with van der Waals surface area (Å²) in [7, 11) is 0. The first kappa shape index (κ1) is 13.1. The van der Waals surface area contributed by atoms with Gasteiger partial charge in [-0.15, -0.1) is 0 Å². The third-order valence-corrected chi connectivity index (χ3v) is 4.91. The summed E-state index contributed by atoms with van der Waals surface area (Å²) < 4.78 is 0. The van der Waals surface area contributed by atoms with Crippen LogP contribution in [-0.4, -0.2) is 6.29 Å². The second-order valence-electron chi connectivity index (χ2n) is 6.38. The second kappa shape index (κ2) is 7.18. The number of carbonyl (C=O) groups excluding carboxylic acids is 1. The van der Waals surface area contributed by atoms with Crippen molar-refractivity contribution in [1.29, 1.82) is 0 Å². The highest BCUT2D eigenvalue weighted by Gasteiger charge is 2.22. The summed E-state index contributed by atoms with van der Waals surface area (Å²) in [5.74, 6) is 2.10. The molecule has 0 spiro atoms. The Kier molecular flexibility index (Phi) is 5.54. The average molecular weight is 236 g/mol. The molecule has 0 atom stereocenters. The Morgan fingerprint density at radius 1 is 0.765 bits per heavy atom. The topological polar surface area (TPSA) is 17.1 Å². The molecule has 0 aromatic rings. The number of hydrogen-bond acceptors (Lipinski definition) is 1. The SMILES string of the molecule is O=CC(CC1CCCCC1)CC1CCCCC1. The maximum absolute atomic E-state index is 11.3. The lowest BCUT2D eigenvalue weighted by atomic mass is 9.77. The Morgan fingerprint density at radius 3 is 1.53 bits per heavy atom. The number of hydrogen-bond donors (Lipinski definition) is 0. The highest BCUT2D eigenvalue weighted by molar-refractivity contribution is 5.53. The van der Waals surface area contributed by atoms with Crippen LogP contribution >= 0.6 is 0 Å². The van der Waals surface area contributed by atoms with Crippen LogP contribution in [0.1, 0.15) is 77.0 Å². The van der Waals surface area contributed by atoms with E-state index in [1.165, 1.54) is 83.3 Å². The van der Waals surface area contributed by atoms with Crippen LogP contribution in [0.4, 0.5) is 0 Å². The van der Waals surface area contributed by atoms with E-state index in [4.69, 9.17) is 0 Å². The van der Waals surface area contributed by atoms with E-state index in [-0.39, 0.29) is 0 Å². The molecule has 1 heteroatoms. The molecule has 0 unspecified atom stereocenters. The van der Waals surface area contributed by atoms with Crippen molar-refractivity contribution in [3.63, 3.8) is 0 Å². The van der Waals surface area contributed by atoms with Crippen molar-refractivity contribution in [3.05, 3.63) is 0 Å². The van der Waals surface area contributed by atoms with Gasteiger partial charge in [0.1, 0.15) is 6.29 Å². The molecule has 98 valence electrons. The molecule has 17 heavy (non-hydrogen) atoms. The third kappa shape index (κ3) is 4.44. The summed E-state index contributed by atoms with van der Waals surface area (Å²) in [5, 5.41) is 0. The smallest absolute Gasteiger partial charge is 0.123 e. The summed E-state index contributed by atoms with van der Waals surface area (Å²) in [6.07, 6.45) is 17.6. The Hall–Kier alpha value is -0.330. The van der Waals surface area contributed by atoms with Crippen LogP contribution in [0.25, 0.3) is 0 Å². The minimum Gasteiger partial charge on any atom is -0.303 e. The summed E-state index contributed by atoms with van der Waals surface area (Å²) in [6, 6.07) is 0. The van der Waals surface area contributed by atoms with E-state index < -0.39 is 0 Å². The van der Waals surface area contributed by atoms with Gasteiger partial charge in [-0.05, 0) is 24.7 Å². The molecule has 0 aromatic carbocycles. The first-order valence-electron chi connectivity index (χ1n) is 7.84. The zero-order valence-electron chi connectivity index (χ0n) is 11.2. The van der Waals surface area contributed by atoms with E-state index in [2.05, 4.69) is 0 Å². The summed E-state index contributed by atoms with van der Waals surface area (Å²) in [5.41, 5.74) is 0. The molecule has 0 amide bonds. The maximum Gasteiger partial charge on any atom is 0.123 e. The molecule has 0 saturated heterocycles. The van der Waals surface area contributed by atoms with E-state index in [9.17, 15) is 4.79 Å². The normalized spacial score (nSPS) is 24.1. The number of rotatable bonds is 5. The molecular weight excluding hydrogens is 208 g/mol. The van der Waals surface area contributed by atoms with Crippen molar-refractivity contribution in [2.45, 2.75) is 77.0 Å². The van der Waals surface area contributed by atoms with E-state index in [0.29, 0.717) is 5.92 Å². The fraction of sp³-hybridized carbons (Fsp3) is 0.938. The lowest BCUT2D eigenvalue weighted by Crippen LogP contribution is -2.18. The van der Waals surface area contributed by atoms with Crippen molar-refractivity contribution in [2.24, 2.45) is 17.8 Å². The van der Waals surface area contributed by atoms with Gasteiger partial charge in [0, 0.05) is 5.92 Å². The molecule has 2 aliphatic carbocycles.